The molecular formula is C15H24N4O. The number of aliphatic imine (C=N–C) groups is 1. The number of morpholine rings is 1. The zero-order valence-corrected chi connectivity index (χ0v) is 12.3. The van der Waals surface area contributed by atoms with E-state index < -0.39 is 0 Å². The molecule has 5 heteroatoms. The molecule has 2 rings (SSSR count). The number of guanidine groups is 1. The van der Waals surface area contributed by atoms with Gasteiger partial charge in [0.1, 0.15) is 0 Å². The van der Waals surface area contributed by atoms with Crippen molar-refractivity contribution in [1.29, 1.82) is 0 Å². The number of hydrogen-bond acceptors (Lipinski definition) is 3. The molecular weight excluding hydrogens is 252 g/mol. The largest absolute Gasteiger partial charge is 0.378 e. The molecule has 0 aromatic heterocycles. The molecule has 0 amide bonds. The van der Waals surface area contributed by atoms with Gasteiger partial charge in [0.15, 0.2) is 5.96 Å². The molecule has 0 radical (unpaired) electrons. The lowest BCUT2D eigenvalue weighted by Crippen LogP contribution is -2.45. The Labute approximate surface area is 121 Å². The number of nitrogens with zero attached hydrogens (tertiary/aromatic N) is 3. The van der Waals surface area contributed by atoms with Crippen LogP contribution in [0.25, 0.3) is 0 Å². The van der Waals surface area contributed by atoms with Gasteiger partial charge >= 0.3 is 0 Å². The summed E-state index contributed by atoms with van der Waals surface area (Å²) in [4.78, 5) is 8.83. The third kappa shape index (κ3) is 3.95. The zero-order chi connectivity index (χ0) is 14.4. The molecule has 110 valence electrons. The van der Waals surface area contributed by atoms with Crippen LogP contribution in [0.3, 0.4) is 0 Å². The fourth-order valence-corrected chi connectivity index (χ4v) is 2.31. The fourth-order valence-electron chi connectivity index (χ4n) is 2.31. The summed E-state index contributed by atoms with van der Waals surface area (Å²) in [5.74, 6) is 0.621. The molecule has 1 aromatic carbocycles. The van der Waals surface area contributed by atoms with Gasteiger partial charge in [-0.3, -0.25) is 4.99 Å². The molecule has 5 nitrogen and oxygen atoms in total. The van der Waals surface area contributed by atoms with Crippen LogP contribution in [0.2, 0.25) is 0 Å². The number of benzene rings is 1. The van der Waals surface area contributed by atoms with Gasteiger partial charge in [-0.2, -0.15) is 0 Å². The van der Waals surface area contributed by atoms with E-state index in [0.29, 0.717) is 12.5 Å². The minimum atomic E-state index is 0.246. The average molecular weight is 276 g/mol. The Morgan fingerprint density at radius 2 is 1.95 bits per heavy atom. The average Bonchev–Trinajstić information content (AvgIpc) is 2.49. The number of likely N-dealkylation sites (N-methyl/N-ethyl adjacent to an activating group) is 1. The minimum absolute atomic E-state index is 0.246. The topological polar surface area (TPSA) is 54.1 Å². The Bertz CT molecular complexity index is 427. The number of ether oxygens (including phenoxy) is 1. The van der Waals surface area contributed by atoms with E-state index in [4.69, 9.17) is 10.5 Å². The van der Waals surface area contributed by atoms with Crippen molar-refractivity contribution in [1.82, 2.24) is 9.80 Å². The molecule has 1 saturated heterocycles. The molecule has 1 aromatic rings. The van der Waals surface area contributed by atoms with Gasteiger partial charge in [-0.1, -0.05) is 30.3 Å². The molecule has 0 spiro atoms. The van der Waals surface area contributed by atoms with Gasteiger partial charge in [-0.25, -0.2) is 0 Å². The van der Waals surface area contributed by atoms with Crippen LogP contribution in [-0.2, 0) is 4.74 Å². The Balaban J connectivity index is 2.01. The highest BCUT2D eigenvalue weighted by atomic mass is 16.5. The van der Waals surface area contributed by atoms with Crippen LogP contribution in [0.15, 0.2) is 35.3 Å². The van der Waals surface area contributed by atoms with Gasteiger partial charge in [-0.15, -0.1) is 0 Å². The predicted molar refractivity (Wildman–Crippen MR) is 81.8 cm³/mol. The first kappa shape index (κ1) is 14.8. The molecule has 20 heavy (non-hydrogen) atoms. The monoisotopic (exact) mass is 276 g/mol. The van der Waals surface area contributed by atoms with E-state index in [2.05, 4.69) is 53.2 Å². The van der Waals surface area contributed by atoms with Crippen LogP contribution in [0.1, 0.15) is 11.6 Å². The van der Waals surface area contributed by atoms with E-state index in [9.17, 15) is 0 Å². The molecule has 0 bridgehead atoms. The van der Waals surface area contributed by atoms with Gasteiger partial charge < -0.3 is 20.3 Å². The summed E-state index contributed by atoms with van der Waals surface area (Å²) in [6.07, 6.45) is 0. The molecule has 1 fully saturated rings. The zero-order valence-electron chi connectivity index (χ0n) is 12.3. The molecule has 1 atom stereocenters. The van der Waals surface area contributed by atoms with E-state index in [-0.39, 0.29) is 6.04 Å². The first-order valence-corrected chi connectivity index (χ1v) is 7.02. The van der Waals surface area contributed by atoms with Crippen molar-refractivity contribution in [3.8, 4) is 0 Å². The lowest BCUT2D eigenvalue weighted by atomic mass is 10.1. The third-order valence-corrected chi connectivity index (χ3v) is 3.57. The third-order valence-electron chi connectivity index (χ3n) is 3.57. The molecule has 1 unspecified atom stereocenters. The molecule has 1 aliphatic heterocycles. The molecule has 1 heterocycles. The summed E-state index contributed by atoms with van der Waals surface area (Å²) in [6.45, 7) is 3.78. The van der Waals surface area contributed by atoms with Crippen molar-refractivity contribution < 1.29 is 4.74 Å². The van der Waals surface area contributed by atoms with Crippen LogP contribution in [-0.4, -0.2) is 62.7 Å². The summed E-state index contributed by atoms with van der Waals surface area (Å²) in [5, 5.41) is 0. The maximum absolute atomic E-state index is 6.08. The minimum Gasteiger partial charge on any atom is -0.378 e. The smallest absolute Gasteiger partial charge is 0.191 e. The van der Waals surface area contributed by atoms with Gasteiger partial charge in [0.2, 0.25) is 0 Å². The van der Waals surface area contributed by atoms with Gasteiger partial charge in [-0.05, 0) is 19.7 Å². The summed E-state index contributed by atoms with van der Waals surface area (Å²) in [6, 6.07) is 10.6. The van der Waals surface area contributed by atoms with Crippen LogP contribution < -0.4 is 5.73 Å². The van der Waals surface area contributed by atoms with Crippen molar-refractivity contribution in [3.05, 3.63) is 35.9 Å². The van der Waals surface area contributed by atoms with E-state index in [1.807, 2.05) is 6.07 Å². The van der Waals surface area contributed by atoms with Crippen molar-refractivity contribution in [3.63, 3.8) is 0 Å². The number of nitrogens with two attached hydrogens (primary N) is 1. The fraction of sp³-hybridized carbons (Fsp3) is 0.533. The highest BCUT2D eigenvalue weighted by molar-refractivity contribution is 5.78. The second kappa shape index (κ2) is 7.26. The number of hydrogen-bond donors (Lipinski definition) is 1. The Hall–Kier alpha value is -1.59. The second-order valence-corrected chi connectivity index (χ2v) is 5.19. The lowest BCUT2D eigenvalue weighted by Gasteiger charge is -2.28. The quantitative estimate of drug-likeness (QED) is 0.657. The lowest BCUT2D eigenvalue weighted by molar-refractivity contribution is 0.0673. The van der Waals surface area contributed by atoms with E-state index >= 15 is 0 Å². The summed E-state index contributed by atoms with van der Waals surface area (Å²) >= 11 is 0. The Morgan fingerprint density at radius 3 is 2.55 bits per heavy atom. The van der Waals surface area contributed by atoms with Crippen molar-refractivity contribution in [2.75, 3.05) is 46.9 Å². The highest BCUT2D eigenvalue weighted by Crippen LogP contribution is 2.18. The number of rotatable bonds is 4. The van der Waals surface area contributed by atoms with Crippen LogP contribution in [0, 0.1) is 0 Å². The van der Waals surface area contributed by atoms with E-state index in [1.165, 1.54) is 5.56 Å². The molecule has 2 N–H and O–H groups in total. The second-order valence-electron chi connectivity index (χ2n) is 5.19. The predicted octanol–water partition coefficient (Wildman–Crippen LogP) is 0.936. The Morgan fingerprint density at radius 1 is 1.30 bits per heavy atom. The Kier molecular flexibility index (Phi) is 5.38. The maximum atomic E-state index is 6.08. The maximum Gasteiger partial charge on any atom is 0.191 e. The SMILES string of the molecule is CN(C)C(CN=C(N)N1CCOCC1)c1ccccc1. The van der Waals surface area contributed by atoms with Crippen LogP contribution >= 0.6 is 0 Å². The summed E-state index contributed by atoms with van der Waals surface area (Å²) in [5.41, 5.74) is 7.34. The summed E-state index contributed by atoms with van der Waals surface area (Å²) in [7, 11) is 4.14. The van der Waals surface area contributed by atoms with Crippen molar-refractivity contribution in [2.24, 2.45) is 10.7 Å². The normalized spacial score (nSPS) is 18.4. The molecule has 0 aliphatic carbocycles. The van der Waals surface area contributed by atoms with Crippen molar-refractivity contribution >= 4 is 5.96 Å². The molecule has 0 saturated carbocycles. The standard InChI is InChI=1S/C15H24N4O/c1-18(2)14(13-6-4-3-5-7-13)12-17-15(16)19-8-10-20-11-9-19/h3-7,14H,8-12H2,1-2H3,(H2,16,17). The first-order valence-electron chi connectivity index (χ1n) is 7.02. The van der Waals surface area contributed by atoms with Gasteiger partial charge in [0, 0.05) is 13.1 Å². The van der Waals surface area contributed by atoms with Gasteiger partial charge in [0.05, 0.1) is 25.8 Å². The van der Waals surface area contributed by atoms with Crippen molar-refractivity contribution in [2.45, 2.75) is 6.04 Å². The van der Waals surface area contributed by atoms with Gasteiger partial charge in [0.25, 0.3) is 0 Å². The highest BCUT2D eigenvalue weighted by Gasteiger charge is 2.16. The van der Waals surface area contributed by atoms with Crippen LogP contribution in [0.5, 0.6) is 0 Å². The summed E-state index contributed by atoms with van der Waals surface area (Å²) < 4.78 is 5.32. The first-order chi connectivity index (χ1) is 9.68. The molecule has 1 aliphatic rings. The van der Waals surface area contributed by atoms with E-state index in [0.717, 1.165) is 26.3 Å². The van der Waals surface area contributed by atoms with Crippen LogP contribution in [0.4, 0.5) is 0 Å². The van der Waals surface area contributed by atoms with E-state index in [1.54, 1.807) is 0 Å².